The maximum Gasteiger partial charge on any atom is 0.237 e. The Hall–Kier alpha value is -1.33. The molecular formula is C15H18N2OS2. The molecule has 20 heavy (non-hydrogen) atoms. The van der Waals surface area contributed by atoms with Gasteiger partial charge in [0.2, 0.25) is 5.91 Å². The van der Waals surface area contributed by atoms with Crippen molar-refractivity contribution < 1.29 is 4.79 Å². The van der Waals surface area contributed by atoms with E-state index >= 15 is 0 Å². The molecule has 0 spiro atoms. The van der Waals surface area contributed by atoms with Crippen LogP contribution in [0.5, 0.6) is 0 Å². The van der Waals surface area contributed by atoms with Crippen LogP contribution < -0.4 is 5.32 Å². The SMILES string of the molecule is Cc1ccc(NC(=O)[C@H](C)Sc2nc(C)cs2)c(C)c1. The first kappa shape index (κ1) is 15.1. The summed E-state index contributed by atoms with van der Waals surface area (Å²) in [5.41, 5.74) is 4.16. The second-order valence-corrected chi connectivity index (χ2v) is 7.27. The van der Waals surface area contributed by atoms with Crippen molar-refractivity contribution in [2.24, 2.45) is 0 Å². The van der Waals surface area contributed by atoms with Gasteiger partial charge in [-0.25, -0.2) is 4.98 Å². The molecule has 0 saturated heterocycles. The fourth-order valence-corrected chi connectivity index (χ4v) is 3.76. The van der Waals surface area contributed by atoms with E-state index in [4.69, 9.17) is 0 Å². The van der Waals surface area contributed by atoms with E-state index in [9.17, 15) is 4.79 Å². The molecule has 106 valence electrons. The average Bonchev–Trinajstić information content (AvgIpc) is 2.78. The maximum absolute atomic E-state index is 12.2. The Bertz CT molecular complexity index is 622. The summed E-state index contributed by atoms with van der Waals surface area (Å²) in [6, 6.07) is 6.02. The maximum atomic E-state index is 12.2. The van der Waals surface area contributed by atoms with Crippen molar-refractivity contribution in [3.8, 4) is 0 Å². The zero-order chi connectivity index (χ0) is 14.7. The van der Waals surface area contributed by atoms with Gasteiger partial charge in [0.15, 0.2) is 4.34 Å². The van der Waals surface area contributed by atoms with E-state index < -0.39 is 0 Å². The van der Waals surface area contributed by atoms with Crippen molar-refractivity contribution in [2.45, 2.75) is 37.3 Å². The van der Waals surface area contributed by atoms with Crippen LogP contribution in [0.25, 0.3) is 0 Å². The molecule has 0 bridgehead atoms. The van der Waals surface area contributed by atoms with Gasteiger partial charge in [-0.15, -0.1) is 11.3 Å². The molecule has 1 heterocycles. The summed E-state index contributed by atoms with van der Waals surface area (Å²) < 4.78 is 0.936. The number of hydrogen-bond acceptors (Lipinski definition) is 4. The average molecular weight is 306 g/mol. The number of aromatic nitrogens is 1. The first-order valence-electron chi connectivity index (χ1n) is 6.42. The lowest BCUT2D eigenvalue weighted by molar-refractivity contribution is -0.115. The normalized spacial score (nSPS) is 12.2. The number of thiazole rings is 1. The van der Waals surface area contributed by atoms with Crippen LogP contribution in [0.2, 0.25) is 0 Å². The Morgan fingerprint density at radius 3 is 2.70 bits per heavy atom. The Kier molecular flexibility index (Phi) is 4.83. The van der Waals surface area contributed by atoms with Crippen molar-refractivity contribution in [1.29, 1.82) is 0 Å². The van der Waals surface area contributed by atoms with Crippen LogP contribution in [0.15, 0.2) is 27.9 Å². The Morgan fingerprint density at radius 2 is 2.10 bits per heavy atom. The van der Waals surface area contributed by atoms with Gasteiger partial charge in [0, 0.05) is 16.8 Å². The molecule has 0 unspecified atom stereocenters. The van der Waals surface area contributed by atoms with Crippen LogP contribution in [0.3, 0.4) is 0 Å². The number of rotatable bonds is 4. The molecule has 0 aliphatic carbocycles. The highest BCUT2D eigenvalue weighted by Gasteiger charge is 2.16. The van der Waals surface area contributed by atoms with E-state index in [0.717, 1.165) is 21.3 Å². The summed E-state index contributed by atoms with van der Waals surface area (Å²) in [7, 11) is 0. The lowest BCUT2D eigenvalue weighted by Crippen LogP contribution is -2.22. The van der Waals surface area contributed by atoms with Crippen LogP contribution in [-0.4, -0.2) is 16.1 Å². The molecule has 0 radical (unpaired) electrons. The molecule has 1 aromatic heterocycles. The molecule has 0 aliphatic rings. The van der Waals surface area contributed by atoms with Gasteiger partial charge in [0.05, 0.1) is 5.25 Å². The molecular weight excluding hydrogens is 288 g/mol. The fourth-order valence-electron chi connectivity index (χ4n) is 1.78. The Morgan fingerprint density at radius 1 is 1.35 bits per heavy atom. The highest BCUT2D eigenvalue weighted by atomic mass is 32.2. The standard InChI is InChI=1S/C15H18N2OS2/c1-9-5-6-13(10(2)7-9)17-14(18)12(4)20-15-16-11(3)8-19-15/h5-8,12H,1-4H3,(H,17,18)/t12-/m0/s1. The van der Waals surface area contributed by atoms with Gasteiger partial charge in [-0.3, -0.25) is 4.79 Å². The van der Waals surface area contributed by atoms with E-state index in [1.165, 1.54) is 17.3 Å². The number of carbonyl (C=O) groups is 1. The van der Waals surface area contributed by atoms with Crippen LogP contribution in [-0.2, 0) is 4.79 Å². The first-order valence-corrected chi connectivity index (χ1v) is 8.18. The van der Waals surface area contributed by atoms with Gasteiger partial charge >= 0.3 is 0 Å². The molecule has 0 fully saturated rings. The zero-order valence-electron chi connectivity index (χ0n) is 12.1. The summed E-state index contributed by atoms with van der Waals surface area (Å²) in [5, 5.41) is 4.81. The van der Waals surface area contributed by atoms with Crippen LogP contribution >= 0.6 is 23.1 Å². The minimum absolute atomic E-state index is 0.00908. The highest BCUT2D eigenvalue weighted by molar-refractivity contribution is 8.02. The number of hydrogen-bond donors (Lipinski definition) is 1. The van der Waals surface area contributed by atoms with Crippen molar-refractivity contribution in [3.05, 3.63) is 40.4 Å². The van der Waals surface area contributed by atoms with Gasteiger partial charge < -0.3 is 5.32 Å². The molecule has 3 nitrogen and oxygen atoms in total. The van der Waals surface area contributed by atoms with E-state index in [2.05, 4.69) is 16.4 Å². The van der Waals surface area contributed by atoms with Crippen LogP contribution in [0.1, 0.15) is 23.7 Å². The summed E-state index contributed by atoms with van der Waals surface area (Å²) in [6.45, 7) is 7.91. The number of carbonyl (C=O) groups excluding carboxylic acids is 1. The summed E-state index contributed by atoms with van der Waals surface area (Å²) in [4.78, 5) is 16.6. The quantitative estimate of drug-likeness (QED) is 0.861. The molecule has 1 aromatic carbocycles. The second kappa shape index (κ2) is 6.41. The number of thioether (sulfide) groups is 1. The highest BCUT2D eigenvalue weighted by Crippen LogP contribution is 2.27. The number of anilines is 1. The predicted octanol–water partition coefficient (Wildman–Crippen LogP) is 4.19. The van der Waals surface area contributed by atoms with E-state index in [1.54, 1.807) is 11.3 Å². The minimum Gasteiger partial charge on any atom is -0.325 e. The third kappa shape index (κ3) is 3.84. The monoisotopic (exact) mass is 306 g/mol. The largest absolute Gasteiger partial charge is 0.325 e. The fraction of sp³-hybridized carbons (Fsp3) is 0.333. The van der Waals surface area contributed by atoms with E-state index in [1.807, 2.05) is 45.2 Å². The second-order valence-electron chi connectivity index (χ2n) is 4.82. The lowest BCUT2D eigenvalue weighted by Gasteiger charge is -2.12. The topological polar surface area (TPSA) is 42.0 Å². The lowest BCUT2D eigenvalue weighted by atomic mass is 10.1. The van der Waals surface area contributed by atoms with Gasteiger partial charge in [0.1, 0.15) is 0 Å². The molecule has 0 aliphatic heterocycles. The summed E-state index contributed by atoms with van der Waals surface area (Å²) in [5.74, 6) is 0.00908. The summed E-state index contributed by atoms with van der Waals surface area (Å²) >= 11 is 3.07. The van der Waals surface area contributed by atoms with E-state index in [0.29, 0.717) is 0 Å². The Balaban J connectivity index is 2.00. The molecule has 2 rings (SSSR count). The third-order valence-corrected chi connectivity index (χ3v) is 5.07. The van der Waals surface area contributed by atoms with Crippen molar-refractivity contribution in [1.82, 2.24) is 4.98 Å². The van der Waals surface area contributed by atoms with Gasteiger partial charge in [-0.1, -0.05) is 29.5 Å². The van der Waals surface area contributed by atoms with E-state index in [-0.39, 0.29) is 11.2 Å². The molecule has 1 atom stereocenters. The third-order valence-electron chi connectivity index (χ3n) is 2.88. The molecule has 2 aromatic rings. The van der Waals surface area contributed by atoms with Gasteiger partial charge in [-0.2, -0.15) is 0 Å². The number of nitrogens with zero attached hydrogens (tertiary/aromatic N) is 1. The molecule has 1 N–H and O–H groups in total. The molecule has 5 heteroatoms. The zero-order valence-corrected chi connectivity index (χ0v) is 13.7. The van der Waals surface area contributed by atoms with Crippen LogP contribution in [0.4, 0.5) is 5.69 Å². The summed E-state index contributed by atoms with van der Waals surface area (Å²) in [6.07, 6.45) is 0. The Labute approximate surface area is 127 Å². The van der Waals surface area contributed by atoms with Crippen molar-refractivity contribution >= 4 is 34.7 Å². The van der Waals surface area contributed by atoms with Gasteiger partial charge in [-0.05, 0) is 39.3 Å². The molecule has 1 amide bonds. The van der Waals surface area contributed by atoms with Crippen molar-refractivity contribution in [3.63, 3.8) is 0 Å². The smallest absolute Gasteiger partial charge is 0.237 e. The molecule has 0 saturated carbocycles. The predicted molar refractivity (Wildman–Crippen MR) is 86.7 cm³/mol. The number of amides is 1. The van der Waals surface area contributed by atoms with Gasteiger partial charge in [0.25, 0.3) is 0 Å². The number of nitrogens with one attached hydrogen (secondary N) is 1. The first-order chi connectivity index (χ1) is 9.45. The minimum atomic E-state index is -0.166. The number of benzene rings is 1. The van der Waals surface area contributed by atoms with Crippen LogP contribution in [0, 0.1) is 20.8 Å². The van der Waals surface area contributed by atoms with Crippen molar-refractivity contribution in [2.75, 3.05) is 5.32 Å². The number of aryl methyl sites for hydroxylation is 3.